The van der Waals surface area contributed by atoms with Crippen LogP contribution in [0.25, 0.3) is 0 Å². The number of nitrogens with one attached hydrogen (secondary N) is 2. The molecule has 1 saturated heterocycles. The summed E-state index contributed by atoms with van der Waals surface area (Å²) in [4.78, 5) is 16.5. The Morgan fingerprint density at radius 1 is 1.27 bits per heavy atom. The molecule has 2 N–H and O–H groups in total. The van der Waals surface area contributed by atoms with Crippen molar-refractivity contribution in [2.75, 3.05) is 23.9 Å². The minimum Gasteiger partial charge on any atom is -0.497 e. The van der Waals surface area contributed by atoms with E-state index in [1.807, 2.05) is 24.3 Å². The standard InChI is InChI=1S/C18H21N3O4S/c1-25-16-4-2-13(3-5-16)11-20-18(22)14-6-8-19-17(10-14)21-15-7-9-26(23,24)12-15/h2-6,8,10,15H,7,9,11-12H2,1H3,(H,19,21)(H,20,22). The number of methoxy groups -OCH3 is 1. The highest BCUT2D eigenvalue weighted by molar-refractivity contribution is 7.91. The summed E-state index contributed by atoms with van der Waals surface area (Å²) in [5.74, 6) is 1.34. The van der Waals surface area contributed by atoms with Crippen molar-refractivity contribution >= 4 is 21.6 Å². The number of amides is 1. The Bertz CT molecular complexity index is 882. The topological polar surface area (TPSA) is 97.4 Å². The van der Waals surface area contributed by atoms with Gasteiger partial charge in [0.15, 0.2) is 9.84 Å². The summed E-state index contributed by atoms with van der Waals surface area (Å²) in [5, 5.41) is 5.95. The Labute approximate surface area is 152 Å². The quantitative estimate of drug-likeness (QED) is 0.796. The van der Waals surface area contributed by atoms with Gasteiger partial charge in [-0.15, -0.1) is 0 Å². The van der Waals surface area contributed by atoms with Gasteiger partial charge in [-0.3, -0.25) is 4.79 Å². The van der Waals surface area contributed by atoms with Crippen LogP contribution in [0, 0.1) is 0 Å². The third kappa shape index (κ3) is 4.72. The average molecular weight is 375 g/mol. The first-order valence-electron chi connectivity index (χ1n) is 8.29. The number of benzene rings is 1. The predicted molar refractivity (Wildman–Crippen MR) is 99.1 cm³/mol. The minimum atomic E-state index is -2.96. The first-order chi connectivity index (χ1) is 12.4. The van der Waals surface area contributed by atoms with E-state index in [0.29, 0.717) is 24.3 Å². The molecule has 8 heteroatoms. The monoisotopic (exact) mass is 375 g/mol. The summed E-state index contributed by atoms with van der Waals surface area (Å²) in [6, 6.07) is 10.6. The molecule has 1 aliphatic rings. The van der Waals surface area contributed by atoms with Crippen LogP contribution < -0.4 is 15.4 Å². The van der Waals surface area contributed by atoms with Gasteiger partial charge in [0.2, 0.25) is 0 Å². The zero-order chi connectivity index (χ0) is 18.6. The van der Waals surface area contributed by atoms with E-state index in [4.69, 9.17) is 4.74 Å². The summed E-state index contributed by atoms with van der Waals surface area (Å²) >= 11 is 0. The van der Waals surface area contributed by atoms with Gasteiger partial charge in [0.05, 0.1) is 18.6 Å². The number of hydrogen-bond donors (Lipinski definition) is 2. The second-order valence-electron chi connectivity index (χ2n) is 6.20. The molecule has 3 rings (SSSR count). The second-order valence-corrected chi connectivity index (χ2v) is 8.43. The Hall–Kier alpha value is -2.61. The molecule has 26 heavy (non-hydrogen) atoms. The SMILES string of the molecule is COc1ccc(CNC(=O)c2ccnc(NC3CCS(=O)(=O)C3)c2)cc1. The van der Waals surface area contributed by atoms with Crippen molar-refractivity contribution in [1.29, 1.82) is 0 Å². The van der Waals surface area contributed by atoms with Crippen LogP contribution in [0.1, 0.15) is 22.3 Å². The number of nitrogens with zero attached hydrogens (tertiary/aromatic N) is 1. The fourth-order valence-electron chi connectivity index (χ4n) is 2.80. The summed E-state index contributed by atoms with van der Waals surface area (Å²) in [5.41, 5.74) is 1.43. The van der Waals surface area contributed by atoms with E-state index in [1.54, 1.807) is 19.2 Å². The molecular formula is C18H21N3O4S. The fraction of sp³-hybridized carbons (Fsp3) is 0.333. The molecule has 0 bridgehead atoms. The number of anilines is 1. The molecule has 0 spiro atoms. The highest BCUT2D eigenvalue weighted by Crippen LogP contribution is 2.17. The highest BCUT2D eigenvalue weighted by Gasteiger charge is 2.28. The number of hydrogen-bond acceptors (Lipinski definition) is 6. The van der Waals surface area contributed by atoms with Gasteiger partial charge in [-0.2, -0.15) is 0 Å². The van der Waals surface area contributed by atoms with E-state index in [-0.39, 0.29) is 23.5 Å². The minimum absolute atomic E-state index is 0.0998. The van der Waals surface area contributed by atoms with E-state index >= 15 is 0 Å². The number of rotatable bonds is 6. The third-order valence-electron chi connectivity index (χ3n) is 4.22. The molecule has 0 radical (unpaired) electrons. The maximum Gasteiger partial charge on any atom is 0.251 e. The number of sulfone groups is 1. The molecule has 1 aliphatic heterocycles. The van der Waals surface area contributed by atoms with Crippen LogP contribution in [-0.4, -0.2) is 44.0 Å². The lowest BCUT2D eigenvalue weighted by Gasteiger charge is -2.12. The van der Waals surface area contributed by atoms with Crippen molar-refractivity contribution in [2.24, 2.45) is 0 Å². The van der Waals surface area contributed by atoms with Crippen LogP contribution in [-0.2, 0) is 16.4 Å². The number of carbonyl (C=O) groups excluding carboxylic acids is 1. The first-order valence-corrected chi connectivity index (χ1v) is 10.1. The maximum atomic E-state index is 12.3. The molecule has 2 heterocycles. The molecule has 1 unspecified atom stereocenters. The van der Waals surface area contributed by atoms with Crippen molar-refractivity contribution < 1.29 is 17.9 Å². The number of pyridine rings is 1. The largest absolute Gasteiger partial charge is 0.497 e. The van der Waals surface area contributed by atoms with Gasteiger partial charge in [-0.25, -0.2) is 13.4 Å². The smallest absolute Gasteiger partial charge is 0.251 e. The van der Waals surface area contributed by atoms with Crippen LogP contribution in [0.2, 0.25) is 0 Å². The maximum absolute atomic E-state index is 12.3. The molecule has 0 saturated carbocycles. The van der Waals surface area contributed by atoms with E-state index in [0.717, 1.165) is 11.3 Å². The zero-order valence-electron chi connectivity index (χ0n) is 14.4. The van der Waals surface area contributed by atoms with Crippen LogP contribution in [0.3, 0.4) is 0 Å². The molecule has 1 aromatic heterocycles. The molecule has 1 fully saturated rings. The average Bonchev–Trinajstić information content (AvgIpc) is 2.98. The second kappa shape index (κ2) is 7.74. The van der Waals surface area contributed by atoms with Crippen LogP contribution in [0.5, 0.6) is 5.75 Å². The zero-order valence-corrected chi connectivity index (χ0v) is 15.3. The van der Waals surface area contributed by atoms with Gasteiger partial charge in [0, 0.05) is 24.3 Å². The summed E-state index contributed by atoms with van der Waals surface area (Å²) in [7, 11) is -1.36. The van der Waals surface area contributed by atoms with Gasteiger partial charge < -0.3 is 15.4 Å². The van der Waals surface area contributed by atoms with E-state index in [1.165, 1.54) is 6.20 Å². The van der Waals surface area contributed by atoms with Gasteiger partial charge in [0.1, 0.15) is 11.6 Å². The predicted octanol–water partition coefficient (Wildman–Crippen LogP) is 1.62. The van der Waals surface area contributed by atoms with Crippen LogP contribution >= 0.6 is 0 Å². The lowest BCUT2D eigenvalue weighted by molar-refractivity contribution is 0.0951. The van der Waals surface area contributed by atoms with Crippen molar-refractivity contribution in [2.45, 2.75) is 19.0 Å². The lowest BCUT2D eigenvalue weighted by Crippen LogP contribution is -2.24. The summed E-state index contributed by atoms with van der Waals surface area (Å²) < 4.78 is 28.2. The molecule has 0 aliphatic carbocycles. The van der Waals surface area contributed by atoms with Gasteiger partial charge >= 0.3 is 0 Å². The first kappa shape index (κ1) is 18.2. The molecule has 2 aromatic rings. The number of carbonyl (C=O) groups is 1. The summed E-state index contributed by atoms with van der Waals surface area (Å²) in [6.45, 7) is 0.398. The van der Waals surface area contributed by atoms with Crippen molar-refractivity contribution in [1.82, 2.24) is 10.3 Å². The molecular weight excluding hydrogens is 354 g/mol. The molecule has 1 atom stereocenters. The van der Waals surface area contributed by atoms with Gasteiger partial charge in [0.25, 0.3) is 5.91 Å². The molecule has 138 valence electrons. The highest BCUT2D eigenvalue weighted by atomic mass is 32.2. The summed E-state index contributed by atoms with van der Waals surface area (Å²) in [6.07, 6.45) is 2.09. The van der Waals surface area contributed by atoms with Crippen LogP contribution in [0.4, 0.5) is 5.82 Å². The van der Waals surface area contributed by atoms with Gasteiger partial charge in [-0.1, -0.05) is 12.1 Å². The molecule has 1 aromatic carbocycles. The molecule has 7 nitrogen and oxygen atoms in total. The Kier molecular flexibility index (Phi) is 5.41. The number of ether oxygens (including phenoxy) is 1. The van der Waals surface area contributed by atoms with Crippen molar-refractivity contribution in [3.05, 3.63) is 53.7 Å². The van der Waals surface area contributed by atoms with Gasteiger partial charge in [-0.05, 0) is 36.2 Å². The third-order valence-corrected chi connectivity index (χ3v) is 5.99. The Morgan fingerprint density at radius 2 is 2.04 bits per heavy atom. The lowest BCUT2D eigenvalue weighted by atomic mass is 10.2. The Balaban J connectivity index is 1.59. The van der Waals surface area contributed by atoms with Crippen molar-refractivity contribution in [3.63, 3.8) is 0 Å². The van der Waals surface area contributed by atoms with E-state index in [9.17, 15) is 13.2 Å². The van der Waals surface area contributed by atoms with Crippen molar-refractivity contribution in [3.8, 4) is 5.75 Å². The number of aromatic nitrogens is 1. The van der Waals surface area contributed by atoms with E-state index < -0.39 is 9.84 Å². The van der Waals surface area contributed by atoms with E-state index in [2.05, 4.69) is 15.6 Å². The normalized spacial score (nSPS) is 18.3. The Morgan fingerprint density at radius 3 is 2.69 bits per heavy atom. The molecule has 1 amide bonds. The fourth-order valence-corrected chi connectivity index (χ4v) is 4.47. The van der Waals surface area contributed by atoms with Crippen LogP contribution in [0.15, 0.2) is 42.6 Å².